The Kier molecular flexibility index (Phi) is 12.5. The summed E-state index contributed by atoms with van der Waals surface area (Å²) in [6, 6.07) is 2.59. The van der Waals surface area contributed by atoms with Crippen LogP contribution >= 0.6 is 0 Å². The summed E-state index contributed by atoms with van der Waals surface area (Å²) in [6.07, 6.45) is 10.4. The molecule has 2 amide bonds. The lowest BCUT2D eigenvalue weighted by molar-refractivity contribution is -0.141. The first-order chi connectivity index (χ1) is 21.3. The Morgan fingerprint density at radius 1 is 1.02 bits per heavy atom. The third-order valence-corrected chi connectivity index (χ3v) is 7.61. The molecule has 0 bridgehead atoms. The highest BCUT2D eigenvalue weighted by Crippen LogP contribution is 2.24. The molecule has 0 aliphatic carbocycles. The number of phenols is 1. The lowest BCUT2D eigenvalue weighted by Crippen LogP contribution is -2.42. The summed E-state index contributed by atoms with van der Waals surface area (Å²) in [4.78, 5) is 59.3. The van der Waals surface area contributed by atoms with Gasteiger partial charge in [-0.15, -0.1) is 0 Å². The van der Waals surface area contributed by atoms with Gasteiger partial charge in [-0.3, -0.25) is 14.4 Å². The van der Waals surface area contributed by atoms with Crippen molar-refractivity contribution >= 4 is 29.8 Å². The molecule has 12 nitrogen and oxygen atoms in total. The number of allylic oxidation sites excluding steroid dienone is 1. The summed E-state index contributed by atoms with van der Waals surface area (Å²) in [5, 5.41) is 14.5. The van der Waals surface area contributed by atoms with Crippen molar-refractivity contribution in [2.75, 3.05) is 52.6 Å². The SMILES string of the molecule is C[C@@H]1C/C=C/[C@@H](OCC(=O)N2CCOCC2)C/C=C/C(=N\OCC(=O)N2CCCCC2)Cc2cc(O)cc(C=O)c2C(=O)O1. The van der Waals surface area contributed by atoms with E-state index in [0.717, 1.165) is 19.3 Å². The molecule has 44 heavy (non-hydrogen) atoms. The highest BCUT2D eigenvalue weighted by molar-refractivity contribution is 6.03. The number of rotatable bonds is 7. The quantitative estimate of drug-likeness (QED) is 0.213. The van der Waals surface area contributed by atoms with Gasteiger partial charge < -0.3 is 34.0 Å². The third kappa shape index (κ3) is 9.75. The van der Waals surface area contributed by atoms with Crippen molar-refractivity contribution in [3.8, 4) is 5.75 Å². The Balaban J connectivity index is 1.56. The molecule has 3 heterocycles. The monoisotopic (exact) mass is 611 g/mol. The minimum Gasteiger partial charge on any atom is -0.508 e. The largest absolute Gasteiger partial charge is 0.508 e. The molecular formula is C32H41N3O9. The Bertz CT molecular complexity index is 1260. The predicted octanol–water partition coefficient (Wildman–Crippen LogP) is 2.83. The Morgan fingerprint density at radius 3 is 2.50 bits per heavy atom. The van der Waals surface area contributed by atoms with Crippen LogP contribution < -0.4 is 0 Å². The molecule has 3 aliphatic rings. The van der Waals surface area contributed by atoms with E-state index in [1.807, 2.05) is 12.2 Å². The number of carbonyl (C=O) groups is 4. The van der Waals surface area contributed by atoms with Crippen LogP contribution in [0.1, 0.15) is 65.3 Å². The molecule has 0 saturated carbocycles. The van der Waals surface area contributed by atoms with Crippen LogP contribution in [-0.4, -0.2) is 110 Å². The minimum absolute atomic E-state index is 0.000656. The van der Waals surface area contributed by atoms with Crippen molar-refractivity contribution in [3.05, 3.63) is 53.1 Å². The number of esters is 1. The van der Waals surface area contributed by atoms with Gasteiger partial charge >= 0.3 is 5.97 Å². The number of likely N-dealkylation sites (tertiary alicyclic amines) is 1. The Morgan fingerprint density at radius 2 is 1.75 bits per heavy atom. The number of aromatic hydroxyl groups is 1. The molecule has 2 atom stereocenters. The van der Waals surface area contributed by atoms with Crippen LogP contribution in [0.15, 0.2) is 41.6 Å². The predicted molar refractivity (Wildman–Crippen MR) is 161 cm³/mol. The number of nitrogens with zero attached hydrogens (tertiary/aromatic N) is 3. The molecule has 0 aromatic heterocycles. The van der Waals surface area contributed by atoms with Crippen LogP contribution in [0.2, 0.25) is 0 Å². The lowest BCUT2D eigenvalue weighted by Gasteiger charge is -2.27. The average Bonchev–Trinajstić information content (AvgIpc) is 3.03. The second-order valence-corrected chi connectivity index (χ2v) is 11.0. The van der Waals surface area contributed by atoms with E-state index >= 15 is 0 Å². The number of benzene rings is 1. The average molecular weight is 612 g/mol. The molecule has 4 rings (SSSR count). The van der Waals surface area contributed by atoms with Crippen LogP contribution in [-0.2, 0) is 35.1 Å². The van der Waals surface area contributed by atoms with E-state index in [9.17, 15) is 24.3 Å². The number of hydrogen-bond donors (Lipinski definition) is 1. The molecule has 2 fully saturated rings. The maximum absolute atomic E-state index is 13.3. The number of oxime groups is 1. The molecule has 0 radical (unpaired) electrons. The standard InChI is InChI=1S/C32H41N3O9/c1-23-7-5-9-28(42-21-29(38)35-13-15-41-16-14-35)10-6-8-26(33-43-22-30(39)34-11-3-2-4-12-34)17-24-18-27(37)19-25(20-36)31(24)32(40)44-23/h5-6,8-9,18-20,23,28,37H,2-4,7,10-17,21-22H2,1H3/b8-6+,9-5+,33-26+/t23-,28-/m1/s1. The molecule has 12 heteroatoms. The lowest BCUT2D eigenvalue weighted by atomic mass is 9.96. The van der Waals surface area contributed by atoms with Crippen molar-refractivity contribution in [3.63, 3.8) is 0 Å². The second kappa shape index (κ2) is 16.7. The van der Waals surface area contributed by atoms with Gasteiger partial charge in [0.25, 0.3) is 5.91 Å². The van der Waals surface area contributed by atoms with Crippen molar-refractivity contribution in [2.45, 2.75) is 57.7 Å². The smallest absolute Gasteiger partial charge is 0.339 e. The van der Waals surface area contributed by atoms with Gasteiger partial charge in [-0.05, 0) is 56.4 Å². The number of aldehydes is 1. The first kappa shape index (κ1) is 32.9. The van der Waals surface area contributed by atoms with Crippen LogP contribution in [0.4, 0.5) is 0 Å². The summed E-state index contributed by atoms with van der Waals surface area (Å²) in [5.74, 6) is -1.20. The first-order valence-corrected chi connectivity index (χ1v) is 15.1. The number of piperidine rings is 1. The zero-order valence-corrected chi connectivity index (χ0v) is 25.2. The van der Waals surface area contributed by atoms with Crippen molar-refractivity contribution in [1.29, 1.82) is 0 Å². The molecule has 3 aliphatic heterocycles. The molecular weight excluding hydrogens is 570 g/mol. The van der Waals surface area contributed by atoms with Crippen molar-refractivity contribution in [1.82, 2.24) is 9.80 Å². The van der Waals surface area contributed by atoms with Crippen LogP contribution in [0, 0.1) is 0 Å². The molecule has 0 spiro atoms. The fraction of sp³-hybridized carbons (Fsp3) is 0.531. The maximum atomic E-state index is 13.3. The summed E-state index contributed by atoms with van der Waals surface area (Å²) < 4.78 is 16.9. The Hall–Kier alpha value is -4.03. The van der Waals surface area contributed by atoms with Crippen LogP contribution in [0.3, 0.4) is 0 Å². The number of cyclic esters (lactones) is 1. The summed E-state index contributed by atoms with van der Waals surface area (Å²) in [6.45, 7) is 4.79. The summed E-state index contributed by atoms with van der Waals surface area (Å²) in [5.41, 5.74) is 0.669. The van der Waals surface area contributed by atoms with Gasteiger partial charge in [0.05, 0.1) is 30.6 Å². The van der Waals surface area contributed by atoms with Gasteiger partial charge in [-0.2, -0.15) is 0 Å². The molecule has 2 saturated heterocycles. The second-order valence-electron chi connectivity index (χ2n) is 11.0. The minimum atomic E-state index is -0.714. The van der Waals surface area contributed by atoms with E-state index in [1.165, 1.54) is 12.1 Å². The fourth-order valence-electron chi connectivity index (χ4n) is 5.25. The van der Waals surface area contributed by atoms with Gasteiger partial charge in [-0.1, -0.05) is 23.4 Å². The number of fused-ring (bicyclic) bond motifs is 1. The van der Waals surface area contributed by atoms with Crippen molar-refractivity contribution < 1.29 is 43.3 Å². The van der Waals surface area contributed by atoms with E-state index in [4.69, 9.17) is 19.0 Å². The first-order valence-electron chi connectivity index (χ1n) is 15.1. The van der Waals surface area contributed by atoms with Gasteiger partial charge in [0.15, 0.2) is 12.9 Å². The van der Waals surface area contributed by atoms with Crippen molar-refractivity contribution in [2.24, 2.45) is 5.16 Å². The number of amides is 2. The number of hydrogen-bond acceptors (Lipinski definition) is 10. The number of morpholine rings is 1. The molecule has 1 N–H and O–H groups in total. The zero-order chi connectivity index (χ0) is 31.3. The van der Waals surface area contributed by atoms with E-state index in [0.29, 0.717) is 69.8 Å². The zero-order valence-electron chi connectivity index (χ0n) is 25.2. The van der Waals surface area contributed by atoms with E-state index < -0.39 is 18.2 Å². The van der Waals surface area contributed by atoms with Gasteiger partial charge in [0.2, 0.25) is 5.91 Å². The fourth-order valence-corrected chi connectivity index (χ4v) is 5.25. The third-order valence-electron chi connectivity index (χ3n) is 7.61. The number of phenolic OH excluding ortho intramolecular Hbond substituents is 1. The molecule has 1 aromatic rings. The molecule has 1 aromatic carbocycles. The van der Waals surface area contributed by atoms with Gasteiger partial charge in [0, 0.05) is 44.6 Å². The van der Waals surface area contributed by atoms with Crippen LogP contribution in [0.5, 0.6) is 5.75 Å². The highest BCUT2D eigenvalue weighted by Gasteiger charge is 2.23. The highest BCUT2D eigenvalue weighted by atomic mass is 16.6. The normalized spacial score (nSPS) is 24.0. The molecule has 0 unspecified atom stereocenters. The number of ether oxygens (including phenoxy) is 3. The Labute approximate surface area is 257 Å². The summed E-state index contributed by atoms with van der Waals surface area (Å²) in [7, 11) is 0. The van der Waals surface area contributed by atoms with Gasteiger partial charge in [-0.25, -0.2) is 4.79 Å². The number of carbonyl (C=O) groups excluding carboxylic acids is 4. The van der Waals surface area contributed by atoms with E-state index in [-0.39, 0.29) is 48.3 Å². The molecule has 238 valence electrons. The van der Waals surface area contributed by atoms with Gasteiger partial charge in [0.1, 0.15) is 18.5 Å². The van der Waals surface area contributed by atoms with Crippen LogP contribution in [0.25, 0.3) is 0 Å². The topological polar surface area (TPSA) is 144 Å². The maximum Gasteiger partial charge on any atom is 0.339 e. The van der Waals surface area contributed by atoms with E-state index in [1.54, 1.807) is 28.9 Å². The van der Waals surface area contributed by atoms with E-state index in [2.05, 4.69) is 5.16 Å². The summed E-state index contributed by atoms with van der Waals surface area (Å²) >= 11 is 0.